The second-order valence-electron chi connectivity index (χ2n) is 7.27. The van der Waals surface area contributed by atoms with Crippen molar-refractivity contribution in [2.24, 2.45) is 0 Å². The number of hydrogen-bond donors (Lipinski definition) is 2. The van der Waals surface area contributed by atoms with E-state index < -0.39 is 0 Å². The second-order valence-corrected chi connectivity index (χ2v) is 7.71. The zero-order valence-corrected chi connectivity index (χ0v) is 17.5. The van der Waals surface area contributed by atoms with E-state index in [-0.39, 0.29) is 6.03 Å². The molecular formula is C23H26ClN3O. The summed E-state index contributed by atoms with van der Waals surface area (Å²) in [6, 6.07) is 13.7. The molecule has 0 saturated heterocycles. The Labute approximate surface area is 171 Å². The molecule has 0 unspecified atom stereocenters. The van der Waals surface area contributed by atoms with Gasteiger partial charge in [-0.15, -0.1) is 0 Å². The Morgan fingerprint density at radius 1 is 1.00 bits per heavy atom. The van der Waals surface area contributed by atoms with Crippen LogP contribution in [-0.2, 0) is 13.1 Å². The first kappa shape index (κ1) is 20.0. The van der Waals surface area contributed by atoms with Gasteiger partial charge in [-0.1, -0.05) is 35.4 Å². The third kappa shape index (κ3) is 4.76. The minimum absolute atomic E-state index is 0.249. The van der Waals surface area contributed by atoms with Crippen molar-refractivity contribution >= 4 is 23.3 Å². The van der Waals surface area contributed by atoms with Crippen molar-refractivity contribution in [1.82, 2.24) is 9.88 Å². The van der Waals surface area contributed by atoms with Crippen molar-refractivity contribution in [3.05, 3.63) is 87.2 Å². The maximum atomic E-state index is 12.3. The minimum Gasteiger partial charge on any atom is -0.345 e. The van der Waals surface area contributed by atoms with Gasteiger partial charge in [-0.25, -0.2) is 4.79 Å². The molecule has 0 aliphatic rings. The van der Waals surface area contributed by atoms with Gasteiger partial charge in [-0.2, -0.15) is 0 Å². The van der Waals surface area contributed by atoms with E-state index in [9.17, 15) is 4.79 Å². The monoisotopic (exact) mass is 395 g/mol. The Bertz CT molecular complexity index is 984. The summed E-state index contributed by atoms with van der Waals surface area (Å²) in [6.45, 7) is 9.59. The molecule has 4 nitrogen and oxygen atoms in total. The molecule has 0 bridgehead atoms. The highest BCUT2D eigenvalue weighted by atomic mass is 35.5. The SMILES string of the molecule is Cc1cc(C)c(Cn2cccc2CNC(=O)Nc2cc(Cl)ccc2C)c(C)c1. The minimum atomic E-state index is -0.249. The fourth-order valence-electron chi connectivity index (χ4n) is 3.46. The molecule has 2 aromatic carbocycles. The van der Waals surface area contributed by atoms with Gasteiger partial charge in [0.1, 0.15) is 0 Å². The summed E-state index contributed by atoms with van der Waals surface area (Å²) in [5, 5.41) is 6.39. The second kappa shape index (κ2) is 8.53. The number of carbonyl (C=O) groups is 1. The van der Waals surface area contributed by atoms with E-state index in [1.807, 2.05) is 31.2 Å². The number of nitrogens with zero attached hydrogens (tertiary/aromatic N) is 1. The number of urea groups is 1. The molecule has 0 fully saturated rings. The van der Waals surface area contributed by atoms with Crippen molar-refractivity contribution in [2.45, 2.75) is 40.8 Å². The number of nitrogens with one attached hydrogen (secondary N) is 2. The predicted octanol–water partition coefficient (Wildman–Crippen LogP) is 5.75. The Balaban J connectivity index is 1.66. The molecule has 0 aliphatic heterocycles. The van der Waals surface area contributed by atoms with Crippen molar-refractivity contribution in [1.29, 1.82) is 0 Å². The van der Waals surface area contributed by atoms with Gasteiger partial charge in [0, 0.05) is 29.1 Å². The highest BCUT2D eigenvalue weighted by Gasteiger charge is 2.09. The molecule has 5 heteroatoms. The number of benzene rings is 2. The lowest BCUT2D eigenvalue weighted by molar-refractivity contribution is 0.251. The molecule has 0 radical (unpaired) electrons. The number of amides is 2. The highest BCUT2D eigenvalue weighted by molar-refractivity contribution is 6.31. The Hall–Kier alpha value is -2.72. The number of halogens is 1. The van der Waals surface area contributed by atoms with Crippen molar-refractivity contribution in [3.63, 3.8) is 0 Å². The molecule has 2 amide bonds. The molecule has 28 heavy (non-hydrogen) atoms. The smallest absolute Gasteiger partial charge is 0.319 e. The lowest BCUT2D eigenvalue weighted by Gasteiger charge is -2.16. The predicted molar refractivity (Wildman–Crippen MR) is 116 cm³/mol. The highest BCUT2D eigenvalue weighted by Crippen LogP contribution is 2.21. The van der Waals surface area contributed by atoms with Gasteiger partial charge in [0.05, 0.1) is 6.54 Å². The fraction of sp³-hybridized carbons (Fsp3) is 0.261. The topological polar surface area (TPSA) is 46.1 Å². The summed E-state index contributed by atoms with van der Waals surface area (Å²) in [6.07, 6.45) is 2.05. The first-order valence-corrected chi connectivity index (χ1v) is 9.73. The molecule has 0 atom stereocenters. The van der Waals surface area contributed by atoms with E-state index in [1.54, 1.807) is 6.07 Å². The molecule has 1 heterocycles. The van der Waals surface area contributed by atoms with Gasteiger partial charge in [0.25, 0.3) is 0 Å². The molecule has 3 aromatic rings. The van der Waals surface area contributed by atoms with Crippen LogP contribution in [0.3, 0.4) is 0 Å². The quantitative estimate of drug-likeness (QED) is 0.568. The van der Waals surface area contributed by atoms with Gasteiger partial charge >= 0.3 is 6.03 Å². The van der Waals surface area contributed by atoms with Crippen LogP contribution in [-0.4, -0.2) is 10.6 Å². The zero-order chi connectivity index (χ0) is 20.3. The third-order valence-electron chi connectivity index (χ3n) is 4.97. The molecule has 0 aliphatic carbocycles. The van der Waals surface area contributed by atoms with Crippen molar-refractivity contribution < 1.29 is 4.79 Å². The van der Waals surface area contributed by atoms with Gasteiger partial charge in [-0.3, -0.25) is 0 Å². The number of carbonyl (C=O) groups excluding carboxylic acids is 1. The molecule has 3 rings (SSSR count). The van der Waals surface area contributed by atoms with Crippen LogP contribution in [0.2, 0.25) is 5.02 Å². The van der Waals surface area contributed by atoms with E-state index in [1.165, 1.54) is 22.3 Å². The van der Waals surface area contributed by atoms with Crippen LogP contribution in [0.15, 0.2) is 48.7 Å². The van der Waals surface area contributed by atoms with E-state index in [2.05, 4.69) is 54.3 Å². The molecule has 1 aromatic heterocycles. The van der Waals surface area contributed by atoms with E-state index in [0.29, 0.717) is 17.3 Å². The maximum Gasteiger partial charge on any atom is 0.319 e. The first-order valence-electron chi connectivity index (χ1n) is 9.35. The number of anilines is 1. The summed E-state index contributed by atoms with van der Waals surface area (Å²) in [5.41, 5.74) is 7.92. The largest absolute Gasteiger partial charge is 0.345 e. The summed E-state index contributed by atoms with van der Waals surface area (Å²) in [5.74, 6) is 0. The van der Waals surface area contributed by atoms with E-state index in [4.69, 9.17) is 11.6 Å². The Morgan fingerprint density at radius 2 is 1.71 bits per heavy atom. The third-order valence-corrected chi connectivity index (χ3v) is 5.21. The number of aryl methyl sites for hydroxylation is 4. The molecule has 0 spiro atoms. The van der Waals surface area contributed by atoms with E-state index >= 15 is 0 Å². The van der Waals surface area contributed by atoms with Gasteiger partial charge in [0.2, 0.25) is 0 Å². The molecular weight excluding hydrogens is 370 g/mol. The molecule has 146 valence electrons. The summed E-state index contributed by atoms with van der Waals surface area (Å²) in [7, 11) is 0. The van der Waals surface area contributed by atoms with Crippen LogP contribution >= 0.6 is 11.6 Å². The first-order chi connectivity index (χ1) is 13.3. The van der Waals surface area contributed by atoms with Crippen LogP contribution < -0.4 is 10.6 Å². The lowest BCUT2D eigenvalue weighted by Crippen LogP contribution is -2.29. The Kier molecular flexibility index (Phi) is 6.10. The summed E-state index contributed by atoms with van der Waals surface area (Å²) < 4.78 is 2.18. The van der Waals surface area contributed by atoms with Gasteiger partial charge in [0.15, 0.2) is 0 Å². The molecule has 0 saturated carbocycles. The van der Waals surface area contributed by atoms with Crippen LogP contribution in [0.1, 0.15) is 33.5 Å². The van der Waals surface area contributed by atoms with Crippen molar-refractivity contribution in [3.8, 4) is 0 Å². The number of hydrogen-bond acceptors (Lipinski definition) is 1. The average Bonchev–Trinajstić information content (AvgIpc) is 3.06. The van der Waals surface area contributed by atoms with Crippen LogP contribution in [0.25, 0.3) is 0 Å². The van der Waals surface area contributed by atoms with Crippen LogP contribution in [0, 0.1) is 27.7 Å². The van der Waals surface area contributed by atoms with Gasteiger partial charge in [-0.05, 0) is 74.2 Å². The average molecular weight is 396 g/mol. The maximum absolute atomic E-state index is 12.3. The Morgan fingerprint density at radius 3 is 2.43 bits per heavy atom. The summed E-state index contributed by atoms with van der Waals surface area (Å²) >= 11 is 6.02. The van der Waals surface area contributed by atoms with Crippen LogP contribution in [0.5, 0.6) is 0 Å². The lowest BCUT2D eigenvalue weighted by atomic mass is 10.00. The fourth-order valence-corrected chi connectivity index (χ4v) is 3.63. The molecule has 2 N–H and O–H groups in total. The zero-order valence-electron chi connectivity index (χ0n) is 16.8. The van der Waals surface area contributed by atoms with Crippen molar-refractivity contribution in [2.75, 3.05) is 5.32 Å². The normalized spacial score (nSPS) is 10.8. The number of aromatic nitrogens is 1. The van der Waals surface area contributed by atoms with E-state index in [0.717, 1.165) is 17.8 Å². The van der Waals surface area contributed by atoms with Crippen LogP contribution in [0.4, 0.5) is 10.5 Å². The number of rotatable bonds is 5. The van der Waals surface area contributed by atoms with Gasteiger partial charge < -0.3 is 15.2 Å². The summed E-state index contributed by atoms with van der Waals surface area (Å²) in [4.78, 5) is 12.3. The standard InChI is InChI=1S/C23H26ClN3O/c1-15-10-17(3)21(18(4)11-15)14-27-9-5-6-20(27)13-25-23(28)26-22-12-19(24)8-7-16(22)2/h5-12H,13-14H2,1-4H3,(H2,25,26,28).